The first kappa shape index (κ1) is 22.7. The molecule has 1 fully saturated rings. The second kappa shape index (κ2) is 8.30. The highest BCUT2D eigenvalue weighted by molar-refractivity contribution is 6.14. The van der Waals surface area contributed by atoms with Gasteiger partial charge in [0.15, 0.2) is 5.65 Å². The molecule has 1 aliphatic heterocycles. The molecule has 4 aromatic rings. The van der Waals surface area contributed by atoms with Crippen molar-refractivity contribution >= 4 is 40.1 Å². The van der Waals surface area contributed by atoms with Crippen LogP contribution in [0, 0.1) is 20.8 Å². The molecule has 1 aliphatic rings. The van der Waals surface area contributed by atoms with Crippen LogP contribution in [0.3, 0.4) is 0 Å². The number of hydrogen-bond donors (Lipinski definition) is 3. The molecule has 3 N–H and O–H groups in total. The first-order valence-corrected chi connectivity index (χ1v) is 11.6. The van der Waals surface area contributed by atoms with Gasteiger partial charge in [0.25, 0.3) is 5.91 Å². The van der Waals surface area contributed by atoms with Crippen LogP contribution in [0.2, 0.25) is 0 Å². The Hall–Kier alpha value is -4.08. The number of aromatic nitrogens is 4. The number of nitrogens with one attached hydrogen (secondary N) is 2. The topological polar surface area (TPSA) is 119 Å². The highest BCUT2D eigenvalue weighted by Gasteiger charge is 2.33. The van der Waals surface area contributed by atoms with Gasteiger partial charge < -0.3 is 24.7 Å². The summed E-state index contributed by atoms with van der Waals surface area (Å²) in [5.74, 6) is 0.189. The Bertz CT molecular complexity index is 1460. The van der Waals surface area contributed by atoms with E-state index in [4.69, 9.17) is 0 Å². The van der Waals surface area contributed by atoms with Crippen LogP contribution in [-0.4, -0.2) is 66.5 Å². The second-order valence-electron chi connectivity index (χ2n) is 9.44. The van der Waals surface area contributed by atoms with Crippen molar-refractivity contribution in [3.63, 3.8) is 0 Å². The summed E-state index contributed by atoms with van der Waals surface area (Å²) in [6, 6.07) is 5.50. The SMILES string of the molecule is Cc1cn2cc(NC(=O)c3ccc(N4CC(C)N(C(=O)O)[C@@H](C)C4)c4cc(C)[nH]c34)nc(C)c2n1. The van der Waals surface area contributed by atoms with Crippen LogP contribution in [0.15, 0.2) is 30.6 Å². The fourth-order valence-electron chi connectivity index (χ4n) is 5.22. The van der Waals surface area contributed by atoms with Crippen molar-refractivity contribution in [3.05, 3.63) is 53.2 Å². The predicted molar refractivity (Wildman–Crippen MR) is 134 cm³/mol. The van der Waals surface area contributed by atoms with Crippen molar-refractivity contribution in [3.8, 4) is 0 Å². The molecular formula is C25H29N7O3. The molecule has 35 heavy (non-hydrogen) atoms. The van der Waals surface area contributed by atoms with E-state index in [0.29, 0.717) is 24.5 Å². The van der Waals surface area contributed by atoms with E-state index in [0.717, 1.165) is 39.3 Å². The zero-order chi connectivity index (χ0) is 25.0. The Kier molecular flexibility index (Phi) is 5.38. The molecule has 0 saturated carbocycles. The van der Waals surface area contributed by atoms with Crippen molar-refractivity contribution in [1.29, 1.82) is 0 Å². The average molecular weight is 476 g/mol. The van der Waals surface area contributed by atoms with Crippen LogP contribution >= 0.6 is 0 Å². The predicted octanol–water partition coefficient (Wildman–Crippen LogP) is 3.97. The van der Waals surface area contributed by atoms with Crippen LogP contribution in [0.25, 0.3) is 16.6 Å². The van der Waals surface area contributed by atoms with Crippen LogP contribution in [0.1, 0.15) is 41.3 Å². The van der Waals surface area contributed by atoms with Crippen molar-refractivity contribution in [2.75, 3.05) is 23.3 Å². The number of carbonyl (C=O) groups is 2. The number of imidazole rings is 1. The van der Waals surface area contributed by atoms with E-state index in [1.165, 1.54) is 4.90 Å². The molecule has 0 aliphatic carbocycles. The smallest absolute Gasteiger partial charge is 0.407 e. The number of benzene rings is 1. The average Bonchev–Trinajstić information content (AvgIpc) is 3.33. The van der Waals surface area contributed by atoms with Crippen LogP contribution < -0.4 is 10.2 Å². The van der Waals surface area contributed by atoms with Gasteiger partial charge in [-0.15, -0.1) is 0 Å². The first-order chi connectivity index (χ1) is 16.6. The number of hydrogen-bond acceptors (Lipinski definition) is 5. The molecule has 10 heteroatoms. The Balaban J connectivity index is 1.47. The summed E-state index contributed by atoms with van der Waals surface area (Å²) in [5, 5.41) is 13.4. The number of nitrogens with zero attached hydrogens (tertiary/aromatic N) is 5. The van der Waals surface area contributed by atoms with Crippen molar-refractivity contribution < 1.29 is 14.7 Å². The van der Waals surface area contributed by atoms with Crippen molar-refractivity contribution in [1.82, 2.24) is 24.3 Å². The van der Waals surface area contributed by atoms with E-state index in [1.807, 2.05) is 63.4 Å². The molecule has 2 amide bonds. The molecule has 1 saturated heterocycles. The summed E-state index contributed by atoms with van der Waals surface area (Å²) in [7, 11) is 0. The van der Waals surface area contributed by atoms with E-state index in [2.05, 4.69) is 25.2 Å². The summed E-state index contributed by atoms with van der Waals surface area (Å²) >= 11 is 0. The van der Waals surface area contributed by atoms with Gasteiger partial charge in [0, 0.05) is 36.1 Å². The van der Waals surface area contributed by atoms with E-state index in [-0.39, 0.29) is 18.0 Å². The van der Waals surface area contributed by atoms with Gasteiger partial charge in [-0.2, -0.15) is 0 Å². The highest BCUT2D eigenvalue weighted by Crippen LogP contribution is 2.33. The lowest BCUT2D eigenvalue weighted by Gasteiger charge is -2.44. The number of carbonyl (C=O) groups excluding carboxylic acids is 1. The molecule has 1 unspecified atom stereocenters. The molecular weight excluding hydrogens is 446 g/mol. The van der Waals surface area contributed by atoms with E-state index in [1.54, 1.807) is 6.20 Å². The molecule has 2 atom stereocenters. The normalized spacial score (nSPS) is 18.4. The lowest BCUT2D eigenvalue weighted by atomic mass is 10.0. The second-order valence-corrected chi connectivity index (χ2v) is 9.44. The number of anilines is 2. The summed E-state index contributed by atoms with van der Waals surface area (Å²) < 4.78 is 1.86. The molecule has 182 valence electrons. The number of carboxylic acid groups (broad SMARTS) is 1. The summed E-state index contributed by atoms with van der Waals surface area (Å²) in [6.07, 6.45) is 2.76. The van der Waals surface area contributed by atoms with E-state index in [9.17, 15) is 14.7 Å². The summed E-state index contributed by atoms with van der Waals surface area (Å²) in [5.41, 5.74) is 5.56. The maximum atomic E-state index is 13.3. The third-order valence-corrected chi connectivity index (χ3v) is 6.60. The Morgan fingerprint density at radius 3 is 2.49 bits per heavy atom. The molecule has 10 nitrogen and oxygen atoms in total. The molecule has 1 aromatic carbocycles. The number of fused-ring (bicyclic) bond motifs is 2. The monoisotopic (exact) mass is 475 g/mol. The maximum absolute atomic E-state index is 13.3. The lowest BCUT2D eigenvalue weighted by molar-refractivity contribution is 0.0980. The van der Waals surface area contributed by atoms with E-state index < -0.39 is 6.09 Å². The largest absolute Gasteiger partial charge is 0.465 e. The fraction of sp³-hybridized carbons (Fsp3) is 0.360. The standard InChI is InChI=1S/C25H29N7O3/c1-13-8-19-20(30-10-15(3)32(25(34)35)16(4)11-30)7-6-18(22(19)26-13)24(33)29-21-12-31-9-14(2)27-23(31)17(5)28-21/h6-9,12,15-16,26H,10-11H2,1-5H3,(H,29,33)(H,34,35)/t15-,16?/m0/s1. The number of rotatable bonds is 3. The van der Waals surface area contributed by atoms with Gasteiger partial charge in [-0.05, 0) is 52.8 Å². The molecule has 4 heterocycles. The van der Waals surface area contributed by atoms with Gasteiger partial charge in [-0.3, -0.25) is 9.69 Å². The van der Waals surface area contributed by atoms with E-state index >= 15 is 0 Å². The molecule has 0 spiro atoms. The van der Waals surface area contributed by atoms with Gasteiger partial charge in [-0.1, -0.05) is 0 Å². The highest BCUT2D eigenvalue weighted by atomic mass is 16.4. The van der Waals surface area contributed by atoms with Gasteiger partial charge in [0.2, 0.25) is 0 Å². The third kappa shape index (κ3) is 3.94. The molecule has 5 rings (SSSR count). The number of aryl methyl sites for hydroxylation is 3. The summed E-state index contributed by atoms with van der Waals surface area (Å²) in [4.78, 5) is 41.0. The number of amides is 2. The minimum absolute atomic E-state index is 0.148. The Morgan fingerprint density at radius 1 is 1.09 bits per heavy atom. The zero-order valence-electron chi connectivity index (χ0n) is 20.5. The van der Waals surface area contributed by atoms with Crippen LogP contribution in [-0.2, 0) is 0 Å². The van der Waals surface area contributed by atoms with Crippen LogP contribution in [0.5, 0.6) is 0 Å². The van der Waals surface area contributed by atoms with Gasteiger partial charge in [0.1, 0.15) is 5.82 Å². The van der Waals surface area contributed by atoms with Crippen molar-refractivity contribution in [2.45, 2.75) is 46.7 Å². The first-order valence-electron chi connectivity index (χ1n) is 11.6. The number of aromatic amines is 1. The zero-order valence-corrected chi connectivity index (χ0v) is 20.5. The fourth-order valence-corrected chi connectivity index (χ4v) is 5.22. The quantitative estimate of drug-likeness (QED) is 0.413. The van der Waals surface area contributed by atoms with Gasteiger partial charge >= 0.3 is 6.09 Å². The minimum Gasteiger partial charge on any atom is -0.465 e. The van der Waals surface area contributed by atoms with Gasteiger partial charge in [0.05, 0.1) is 40.7 Å². The van der Waals surface area contributed by atoms with Crippen LogP contribution in [0.4, 0.5) is 16.3 Å². The minimum atomic E-state index is -0.896. The number of piperazine rings is 1. The lowest BCUT2D eigenvalue weighted by Crippen LogP contribution is -2.58. The molecule has 0 radical (unpaired) electrons. The molecule has 3 aromatic heterocycles. The Labute approximate surface area is 202 Å². The third-order valence-electron chi connectivity index (χ3n) is 6.60. The van der Waals surface area contributed by atoms with Gasteiger partial charge in [-0.25, -0.2) is 14.8 Å². The van der Waals surface area contributed by atoms with Crippen molar-refractivity contribution in [2.24, 2.45) is 0 Å². The summed E-state index contributed by atoms with van der Waals surface area (Å²) in [6.45, 7) is 10.7. The molecule has 0 bridgehead atoms. The maximum Gasteiger partial charge on any atom is 0.407 e. The number of H-pyrrole nitrogens is 1. The Morgan fingerprint density at radius 2 is 1.80 bits per heavy atom.